The number of fused-ring (bicyclic) bond motifs is 1. The minimum absolute atomic E-state index is 0.0329. The SMILES string of the molecule is CC(C)C[C@H]1NC(=O)[C@H]2CN(Cc3cn(C)nc3-c3ccccc3)CCN2C1=O. The number of benzene rings is 1. The van der Waals surface area contributed by atoms with Crippen LogP contribution in [0.1, 0.15) is 25.8 Å². The molecule has 0 unspecified atom stereocenters. The van der Waals surface area contributed by atoms with Crippen molar-refractivity contribution in [1.29, 1.82) is 0 Å². The second-order valence-electron chi connectivity index (χ2n) is 8.52. The summed E-state index contributed by atoms with van der Waals surface area (Å²) in [6.45, 7) is 6.75. The number of aromatic nitrogens is 2. The van der Waals surface area contributed by atoms with E-state index >= 15 is 0 Å². The quantitative estimate of drug-likeness (QED) is 0.836. The highest BCUT2D eigenvalue weighted by Gasteiger charge is 2.43. The predicted octanol–water partition coefficient (Wildman–Crippen LogP) is 1.64. The van der Waals surface area contributed by atoms with Gasteiger partial charge in [0.1, 0.15) is 12.1 Å². The zero-order valence-corrected chi connectivity index (χ0v) is 17.3. The molecule has 7 nitrogen and oxygen atoms in total. The van der Waals surface area contributed by atoms with Gasteiger partial charge in [0.05, 0.1) is 5.69 Å². The summed E-state index contributed by atoms with van der Waals surface area (Å²) in [5, 5.41) is 7.59. The Hall–Kier alpha value is -2.67. The number of aryl methyl sites for hydroxylation is 1. The van der Waals surface area contributed by atoms with E-state index in [1.807, 2.05) is 36.1 Å². The molecule has 4 rings (SSSR count). The number of piperazine rings is 2. The van der Waals surface area contributed by atoms with E-state index in [1.165, 1.54) is 0 Å². The van der Waals surface area contributed by atoms with E-state index in [9.17, 15) is 9.59 Å². The second-order valence-corrected chi connectivity index (χ2v) is 8.52. The first-order valence-electron chi connectivity index (χ1n) is 10.3. The highest BCUT2D eigenvalue weighted by atomic mass is 16.2. The van der Waals surface area contributed by atoms with E-state index < -0.39 is 6.04 Å². The normalized spacial score (nSPS) is 22.7. The number of nitrogens with one attached hydrogen (secondary N) is 1. The lowest BCUT2D eigenvalue weighted by molar-refractivity contribution is -0.153. The molecule has 3 heterocycles. The van der Waals surface area contributed by atoms with Crippen LogP contribution in [0, 0.1) is 5.92 Å². The number of hydrogen-bond acceptors (Lipinski definition) is 4. The molecule has 0 radical (unpaired) electrons. The van der Waals surface area contributed by atoms with Crippen molar-refractivity contribution in [1.82, 2.24) is 24.9 Å². The maximum Gasteiger partial charge on any atom is 0.245 e. The molecule has 2 aliphatic rings. The van der Waals surface area contributed by atoms with Crippen LogP contribution in [0.2, 0.25) is 0 Å². The summed E-state index contributed by atoms with van der Waals surface area (Å²) in [4.78, 5) is 29.6. The molecule has 2 fully saturated rings. The van der Waals surface area contributed by atoms with E-state index in [1.54, 1.807) is 4.90 Å². The minimum atomic E-state index is -0.406. The molecule has 1 aromatic carbocycles. The average Bonchev–Trinajstić information content (AvgIpc) is 3.06. The first-order valence-corrected chi connectivity index (χ1v) is 10.3. The Morgan fingerprint density at radius 3 is 2.66 bits per heavy atom. The Morgan fingerprint density at radius 2 is 1.93 bits per heavy atom. The molecule has 154 valence electrons. The van der Waals surface area contributed by atoms with Crippen LogP contribution >= 0.6 is 0 Å². The molecule has 29 heavy (non-hydrogen) atoms. The second kappa shape index (κ2) is 7.99. The van der Waals surface area contributed by atoms with Gasteiger partial charge in [0.2, 0.25) is 11.8 Å². The van der Waals surface area contributed by atoms with Gasteiger partial charge >= 0.3 is 0 Å². The van der Waals surface area contributed by atoms with Gasteiger partial charge in [-0.3, -0.25) is 19.2 Å². The standard InChI is InChI=1S/C22H29N5O2/c1-15(2)11-18-22(29)27-10-9-26(14-19(27)21(28)23-18)13-17-12-25(3)24-20(17)16-7-5-4-6-8-16/h4-8,12,15,18-19H,9-11,13-14H2,1-3H3,(H,23,28)/t18-,19-/m1/s1. The molecule has 0 spiro atoms. The fraction of sp³-hybridized carbons (Fsp3) is 0.500. The van der Waals surface area contributed by atoms with Crippen molar-refractivity contribution in [2.75, 3.05) is 19.6 Å². The van der Waals surface area contributed by atoms with Crippen molar-refractivity contribution in [3.8, 4) is 11.3 Å². The third-order valence-corrected chi connectivity index (χ3v) is 5.72. The predicted molar refractivity (Wildman–Crippen MR) is 111 cm³/mol. The largest absolute Gasteiger partial charge is 0.342 e. The molecule has 1 aromatic heterocycles. The van der Waals surface area contributed by atoms with Crippen LogP contribution in [-0.4, -0.2) is 63.1 Å². The number of rotatable bonds is 5. The monoisotopic (exact) mass is 395 g/mol. The Kier molecular flexibility index (Phi) is 5.41. The Balaban J connectivity index is 1.48. The molecular weight excluding hydrogens is 366 g/mol. The highest BCUT2D eigenvalue weighted by molar-refractivity contribution is 5.97. The fourth-order valence-electron chi connectivity index (χ4n) is 4.37. The molecular formula is C22H29N5O2. The average molecular weight is 396 g/mol. The van der Waals surface area contributed by atoms with Crippen LogP contribution < -0.4 is 5.32 Å². The summed E-state index contributed by atoms with van der Waals surface area (Å²) >= 11 is 0. The van der Waals surface area contributed by atoms with Gasteiger partial charge in [-0.2, -0.15) is 5.10 Å². The van der Waals surface area contributed by atoms with Gasteiger partial charge in [-0.15, -0.1) is 0 Å². The lowest BCUT2D eigenvalue weighted by atomic mass is 9.97. The van der Waals surface area contributed by atoms with Crippen molar-refractivity contribution in [2.45, 2.75) is 38.9 Å². The van der Waals surface area contributed by atoms with Gasteiger partial charge in [-0.25, -0.2) is 0 Å². The maximum atomic E-state index is 12.8. The maximum absolute atomic E-state index is 12.8. The van der Waals surface area contributed by atoms with Crippen molar-refractivity contribution < 1.29 is 9.59 Å². The third-order valence-electron chi connectivity index (χ3n) is 5.72. The van der Waals surface area contributed by atoms with Crippen LogP contribution in [0.15, 0.2) is 36.5 Å². The van der Waals surface area contributed by atoms with Crippen LogP contribution in [0.3, 0.4) is 0 Å². The van der Waals surface area contributed by atoms with E-state index in [0.717, 1.165) is 23.4 Å². The molecule has 2 amide bonds. The van der Waals surface area contributed by atoms with E-state index in [2.05, 4.69) is 41.3 Å². The minimum Gasteiger partial charge on any atom is -0.342 e. The molecule has 2 saturated heterocycles. The molecule has 2 atom stereocenters. The summed E-state index contributed by atoms with van der Waals surface area (Å²) in [6.07, 6.45) is 2.73. The summed E-state index contributed by atoms with van der Waals surface area (Å²) in [5.41, 5.74) is 3.19. The topological polar surface area (TPSA) is 70.5 Å². The number of carbonyl (C=O) groups excluding carboxylic acids is 2. The van der Waals surface area contributed by atoms with Crippen LogP contribution in [-0.2, 0) is 23.2 Å². The molecule has 1 N–H and O–H groups in total. The zero-order valence-electron chi connectivity index (χ0n) is 17.3. The summed E-state index contributed by atoms with van der Waals surface area (Å²) < 4.78 is 1.83. The van der Waals surface area contributed by atoms with Crippen LogP contribution in [0.4, 0.5) is 0 Å². The van der Waals surface area contributed by atoms with E-state index in [0.29, 0.717) is 32.0 Å². The third kappa shape index (κ3) is 4.05. The molecule has 0 aliphatic carbocycles. The lowest BCUT2D eigenvalue weighted by Gasteiger charge is -2.45. The fourth-order valence-corrected chi connectivity index (χ4v) is 4.37. The first kappa shape index (κ1) is 19.6. The summed E-state index contributed by atoms with van der Waals surface area (Å²) in [7, 11) is 1.93. The lowest BCUT2D eigenvalue weighted by Crippen LogP contribution is -2.69. The number of amides is 2. The van der Waals surface area contributed by atoms with Gasteiger partial charge in [0.15, 0.2) is 0 Å². The number of hydrogen-bond donors (Lipinski definition) is 1. The summed E-state index contributed by atoms with van der Waals surface area (Å²) in [6, 6.07) is 9.36. The van der Waals surface area contributed by atoms with Crippen molar-refractivity contribution in [3.63, 3.8) is 0 Å². The molecule has 0 bridgehead atoms. The van der Waals surface area contributed by atoms with Crippen molar-refractivity contribution in [3.05, 3.63) is 42.1 Å². The molecule has 2 aromatic rings. The molecule has 7 heteroatoms. The Morgan fingerprint density at radius 1 is 1.17 bits per heavy atom. The number of nitrogens with zero attached hydrogens (tertiary/aromatic N) is 4. The summed E-state index contributed by atoms with van der Waals surface area (Å²) in [5.74, 6) is 0.396. The van der Waals surface area contributed by atoms with Gasteiger partial charge < -0.3 is 10.2 Å². The highest BCUT2D eigenvalue weighted by Crippen LogP contribution is 2.25. The molecule has 0 saturated carbocycles. The van der Waals surface area contributed by atoms with Gasteiger partial charge in [-0.05, 0) is 12.3 Å². The smallest absolute Gasteiger partial charge is 0.245 e. The van der Waals surface area contributed by atoms with Gasteiger partial charge in [0, 0.05) is 50.6 Å². The zero-order chi connectivity index (χ0) is 20.5. The number of carbonyl (C=O) groups is 2. The Bertz CT molecular complexity index is 892. The van der Waals surface area contributed by atoms with Crippen molar-refractivity contribution in [2.24, 2.45) is 13.0 Å². The van der Waals surface area contributed by atoms with Gasteiger partial charge in [-0.1, -0.05) is 44.2 Å². The first-order chi connectivity index (χ1) is 13.9. The van der Waals surface area contributed by atoms with E-state index in [-0.39, 0.29) is 17.9 Å². The van der Waals surface area contributed by atoms with Crippen LogP contribution in [0.5, 0.6) is 0 Å². The van der Waals surface area contributed by atoms with Crippen molar-refractivity contribution >= 4 is 11.8 Å². The Labute approximate surface area is 171 Å². The van der Waals surface area contributed by atoms with E-state index in [4.69, 9.17) is 0 Å². The van der Waals surface area contributed by atoms with Gasteiger partial charge in [0.25, 0.3) is 0 Å². The molecule has 2 aliphatic heterocycles. The van der Waals surface area contributed by atoms with Crippen LogP contribution in [0.25, 0.3) is 11.3 Å².